The number of benzene rings is 2. The predicted molar refractivity (Wildman–Crippen MR) is 121 cm³/mol. The van der Waals surface area contributed by atoms with Gasteiger partial charge in [0.1, 0.15) is 5.69 Å². The molecular formula is C22H21Cl2N5O. The molecule has 0 aliphatic carbocycles. The molecule has 0 saturated heterocycles. The number of amides is 1. The summed E-state index contributed by atoms with van der Waals surface area (Å²) in [5.74, 6) is 5.00. The van der Waals surface area contributed by atoms with E-state index in [1.54, 1.807) is 16.8 Å². The Morgan fingerprint density at radius 1 is 1.13 bits per heavy atom. The maximum Gasteiger partial charge on any atom is 0.283 e. The minimum atomic E-state index is -0.359. The van der Waals surface area contributed by atoms with Crippen LogP contribution in [0.4, 0.5) is 0 Å². The summed E-state index contributed by atoms with van der Waals surface area (Å²) in [7, 11) is 0. The standard InChI is InChI=1S/C22H21Cl2N5O/c1-2-9-29-21(22(30)26-25)11-19(27-29)16-13-28(20-6-4-3-5-15(16)20)12-14-7-8-17(23)18(24)10-14/h3-8,10-11,13H,2,9,12,25H2,1H3,(H,26,30). The van der Waals surface area contributed by atoms with E-state index in [4.69, 9.17) is 29.0 Å². The second kappa shape index (κ2) is 8.52. The Bertz CT molecular complexity index is 1230. The second-order valence-electron chi connectivity index (χ2n) is 7.05. The number of rotatable bonds is 6. The van der Waals surface area contributed by atoms with Crippen LogP contribution < -0.4 is 11.3 Å². The van der Waals surface area contributed by atoms with Gasteiger partial charge in [-0.25, -0.2) is 5.84 Å². The maximum atomic E-state index is 12.2. The summed E-state index contributed by atoms with van der Waals surface area (Å²) in [5, 5.41) is 6.80. The first kappa shape index (κ1) is 20.5. The minimum Gasteiger partial charge on any atom is -0.342 e. The van der Waals surface area contributed by atoms with E-state index in [2.05, 4.69) is 33.4 Å². The van der Waals surface area contributed by atoms with Crippen molar-refractivity contribution in [3.8, 4) is 11.3 Å². The molecule has 0 spiro atoms. The van der Waals surface area contributed by atoms with Gasteiger partial charge in [0.15, 0.2) is 0 Å². The Balaban J connectivity index is 1.81. The first-order valence-electron chi connectivity index (χ1n) is 9.62. The predicted octanol–water partition coefficient (Wildman–Crippen LogP) is 4.87. The van der Waals surface area contributed by atoms with Gasteiger partial charge < -0.3 is 4.57 Å². The molecule has 2 aromatic heterocycles. The smallest absolute Gasteiger partial charge is 0.283 e. The van der Waals surface area contributed by atoms with Crippen LogP contribution in [0, 0.1) is 0 Å². The summed E-state index contributed by atoms with van der Waals surface area (Å²) in [6, 6.07) is 15.5. The van der Waals surface area contributed by atoms with Crippen LogP contribution in [0.15, 0.2) is 54.7 Å². The Hall–Kier alpha value is -2.80. The highest BCUT2D eigenvalue weighted by Crippen LogP contribution is 2.31. The third-order valence-electron chi connectivity index (χ3n) is 4.98. The van der Waals surface area contributed by atoms with Crippen molar-refractivity contribution >= 4 is 40.0 Å². The normalized spacial score (nSPS) is 11.2. The molecule has 0 fully saturated rings. The molecule has 0 aliphatic heterocycles. The van der Waals surface area contributed by atoms with Crippen LogP contribution in [0.1, 0.15) is 29.4 Å². The van der Waals surface area contributed by atoms with Crippen molar-refractivity contribution in [1.29, 1.82) is 0 Å². The van der Waals surface area contributed by atoms with Crippen molar-refractivity contribution in [3.63, 3.8) is 0 Å². The number of nitrogens with zero attached hydrogens (tertiary/aromatic N) is 3. The monoisotopic (exact) mass is 441 g/mol. The van der Waals surface area contributed by atoms with Crippen LogP contribution in [-0.4, -0.2) is 20.3 Å². The fraction of sp³-hybridized carbons (Fsp3) is 0.182. The number of hydrazine groups is 1. The molecule has 3 N–H and O–H groups in total. The molecule has 1 amide bonds. The summed E-state index contributed by atoms with van der Waals surface area (Å²) in [6.45, 7) is 3.29. The number of aryl methyl sites for hydroxylation is 1. The van der Waals surface area contributed by atoms with Crippen molar-refractivity contribution in [2.45, 2.75) is 26.4 Å². The van der Waals surface area contributed by atoms with E-state index < -0.39 is 0 Å². The van der Waals surface area contributed by atoms with Gasteiger partial charge in [0.05, 0.1) is 15.7 Å². The molecular weight excluding hydrogens is 421 g/mol. The Labute approximate surface area is 184 Å². The van der Waals surface area contributed by atoms with Crippen LogP contribution in [0.5, 0.6) is 0 Å². The van der Waals surface area contributed by atoms with Gasteiger partial charge in [-0.3, -0.25) is 14.9 Å². The lowest BCUT2D eigenvalue weighted by atomic mass is 10.1. The Morgan fingerprint density at radius 3 is 2.67 bits per heavy atom. The number of halogens is 2. The van der Waals surface area contributed by atoms with Crippen LogP contribution in [0.3, 0.4) is 0 Å². The number of fused-ring (bicyclic) bond motifs is 1. The SMILES string of the molecule is CCCn1nc(-c2cn(Cc3ccc(Cl)c(Cl)c3)c3ccccc23)cc1C(=O)NN. The van der Waals surface area contributed by atoms with E-state index >= 15 is 0 Å². The first-order chi connectivity index (χ1) is 14.5. The zero-order valence-corrected chi connectivity index (χ0v) is 17.9. The van der Waals surface area contributed by atoms with E-state index in [1.807, 2.05) is 31.2 Å². The third-order valence-corrected chi connectivity index (χ3v) is 5.72. The molecule has 0 bridgehead atoms. The molecule has 0 aliphatic rings. The van der Waals surface area contributed by atoms with Gasteiger partial charge >= 0.3 is 0 Å². The number of nitrogens with two attached hydrogens (primary N) is 1. The molecule has 4 rings (SSSR count). The molecule has 6 nitrogen and oxygen atoms in total. The summed E-state index contributed by atoms with van der Waals surface area (Å²) in [6.07, 6.45) is 2.90. The fourth-order valence-electron chi connectivity index (χ4n) is 3.60. The van der Waals surface area contributed by atoms with Crippen LogP contribution in [0.2, 0.25) is 10.0 Å². The van der Waals surface area contributed by atoms with E-state index in [0.717, 1.165) is 34.1 Å². The largest absolute Gasteiger partial charge is 0.342 e. The van der Waals surface area contributed by atoms with Crippen molar-refractivity contribution in [2.75, 3.05) is 0 Å². The Kier molecular flexibility index (Phi) is 5.81. The molecule has 0 unspecified atom stereocenters. The number of carbonyl (C=O) groups excluding carboxylic acids is 1. The van der Waals surface area contributed by atoms with Gasteiger partial charge in [0.2, 0.25) is 0 Å². The third kappa shape index (κ3) is 3.81. The molecule has 4 aromatic rings. The van der Waals surface area contributed by atoms with Crippen molar-refractivity contribution < 1.29 is 4.79 Å². The highest BCUT2D eigenvalue weighted by atomic mass is 35.5. The molecule has 30 heavy (non-hydrogen) atoms. The van der Waals surface area contributed by atoms with Crippen LogP contribution in [-0.2, 0) is 13.1 Å². The number of aromatic nitrogens is 3. The minimum absolute atomic E-state index is 0.359. The molecule has 8 heteroatoms. The topological polar surface area (TPSA) is 77.9 Å². The first-order valence-corrected chi connectivity index (χ1v) is 10.4. The molecule has 0 radical (unpaired) electrons. The summed E-state index contributed by atoms with van der Waals surface area (Å²) < 4.78 is 3.84. The van der Waals surface area contributed by atoms with Gasteiger partial charge in [-0.05, 0) is 36.2 Å². The zero-order valence-electron chi connectivity index (χ0n) is 16.4. The van der Waals surface area contributed by atoms with Crippen LogP contribution in [0.25, 0.3) is 22.2 Å². The average Bonchev–Trinajstić information content (AvgIpc) is 3.32. The van der Waals surface area contributed by atoms with Gasteiger partial charge in [0.25, 0.3) is 5.91 Å². The maximum absolute atomic E-state index is 12.2. The number of hydrogen-bond donors (Lipinski definition) is 2. The lowest BCUT2D eigenvalue weighted by molar-refractivity contribution is 0.0942. The number of nitrogen functional groups attached to an aromatic ring is 1. The Morgan fingerprint density at radius 2 is 1.93 bits per heavy atom. The van der Waals surface area contributed by atoms with E-state index in [9.17, 15) is 4.79 Å². The average molecular weight is 442 g/mol. The van der Waals surface area contributed by atoms with Gasteiger partial charge in [-0.2, -0.15) is 5.10 Å². The molecule has 2 aromatic carbocycles. The summed E-state index contributed by atoms with van der Waals surface area (Å²) in [5.41, 5.74) is 6.42. The molecule has 2 heterocycles. The second-order valence-corrected chi connectivity index (χ2v) is 7.86. The molecule has 0 saturated carbocycles. The van der Waals surface area contributed by atoms with Crippen LogP contribution >= 0.6 is 23.2 Å². The van der Waals surface area contributed by atoms with Crippen molar-refractivity contribution in [2.24, 2.45) is 5.84 Å². The fourth-order valence-corrected chi connectivity index (χ4v) is 3.92. The van der Waals surface area contributed by atoms with E-state index in [-0.39, 0.29) is 5.91 Å². The van der Waals surface area contributed by atoms with Gasteiger partial charge in [-0.15, -0.1) is 0 Å². The van der Waals surface area contributed by atoms with Crippen molar-refractivity contribution in [3.05, 3.63) is 76.0 Å². The number of carbonyl (C=O) groups is 1. The van der Waals surface area contributed by atoms with Gasteiger partial charge in [0, 0.05) is 35.8 Å². The van der Waals surface area contributed by atoms with E-state index in [1.165, 1.54) is 0 Å². The number of hydrogen-bond acceptors (Lipinski definition) is 3. The highest BCUT2D eigenvalue weighted by Gasteiger charge is 2.18. The quantitative estimate of drug-likeness (QED) is 0.254. The lowest BCUT2D eigenvalue weighted by Gasteiger charge is -2.06. The number of para-hydroxylation sites is 1. The summed E-state index contributed by atoms with van der Waals surface area (Å²) >= 11 is 12.2. The molecule has 0 atom stereocenters. The summed E-state index contributed by atoms with van der Waals surface area (Å²) in [4.78, 5) is 12.2. The number of nitrogens with one attached hydrogen (secondary N) is 1. The lowest BCUT2D eigenvalue weighted by Crippen LogP contribution is -2.32. The zero-order chi connectivity index (χ0) is 21.3. The van der Waals surface area contributed by atoms with Gasteiger partial charge in [-0.1, -0.05) is 54.4 Å². The van der Waals surface area contributed by atoms with E-state index in [0.29, 0.717) is 28.8 Å². The highest BCUT2D eigenvalue weighted by molar-refractivity contribution is 6.42. The van der Waals surface area contributed by atoms with Crippen molar-refractivity contribution in [1.82, 2.24) is 19.8 Å². The molecule has 154 valence electrons.